The summed E-state index contributed by atoms with van der Waals surface area (Å²) >= 11 is 0. The third kappa shape index (κ3) is 4.57. The van der Waals surface area contributed by atoms with Crippen LogP contribution < -0.4 is 15.4 Å². The number of carbonyl (C=O) groups is 2. The van der Waals surface area contributed by atoms with Gasteiger partial charge in [0, 0.05) is 18.5 Å². The molecule has 1 fully saturated rings. The van der Waals surface area contributed by atoms with Gasteiger partial charge in [0.15, 0.2) is 0 Å². The minimum Gasteiger partial charge on any atom is -0.464 e. The van der Waals surface area contributed by atoms with E-state index in [4.69, 9.17) is 4.74 Å². The van der Waals surface area contributed by atoms with E-state index in [1.807, 2.05) is 13.8 Å². The van der Waals surface area contributed by atoms with Crippen LogP contribution in [0.4, 0.5) is 4.79 Å². The van der Waals surface area contributed by atoms with E-state index >= 15 is 0 Å². The number of hydrogen-bond donors (Lipinski definition) is 3. The molecule has 0 spiro atoms. The molecule has 122 valence electrons. The lowest BCUT2D eigenvalue weighted by Gasteiger charge is -2.20. The highest BCUT2D eigenvalue weighted by molar-refractivity contribution is 7.88. The zero-order chi connectivity index (χ0) is 16.3. The average Bonchev–Trinajstić information content (AvgIpc) is 2.87. The Kier molecular flexibility index (Phi) is 5.21. The summed E-state index contributed by atoms with van der Waals surface area (Å²) in [5, 5.41) is 5.14. The third-order valence-corrected chi connectivity index (χ3v) is 4.19. The topological polar surface area (TPSA) is 114 Å². The summed E-state index contributed by atoms with van der Waals surface area (Å²) in [6.45, 7) is 5.90. The zero-order valence-electron chi connectivity index (χ0n) is 12.8. The predicted molar refractivity (Wildman–Crippen MR) is 77.1 cm³/mol. The van der Waals surface area contributed by atoms with E-state index in [0.29, 0.717) is 6.42 Å². The molecule has 0 aromatic carbocycles. The van der Waals surface area contributed by atoms with Gasteiger partial charge in [0.1, 0.15) is 5.54 Å². The van der Waals surface area contributed by atoms with Gasteiger partial charge in [-0.1, -0.05) is 13.8 Å². The van der Waals surface area contributed by atoms with E-state index in [1.54, 1.807) is 6.92 Å². The molecule has 0 aromatic rings. The van der Waals surface area contributed by atoms with E-state index in [9.17, 15) is 18.0 Å². The minimum atomic E-state index is -3.28. The molecule has 9 heteroatoms. The maximum Gasteiger partial charge on any atom is 0.332 e. The lowest BCUT2D eigenvalue weighted by Crippen LogP contribution is -2.52. The van der Waals surface area contributed by atoms with E-state index in [-0.39, 0.29) is 25.1 Å². The zero-order valence-corrected chi connectivity index (χ0v) is 13.6. The SMILES string of the molecule is CCOC(=O)C1(NC(=O)NCCNS(C)(=O)=O)CC1(C)C. The van der Waals surface area contributed by atoms with Crippen LogP contribution in [0.3, 0.4) is 0 Å². The van der Waals surface area contributed by atoms with Crippen molar-refractivity contribution >= 4 is 22.0 Å². The van der Waals surface area contributed by atoms with Crippen molar-refractivity contribution in [2.24, 2.45) is 5.41 Å². The first-order chi connectivity index (χ1) is 9.54. The second kappa shape index (κ2) is 6.18. The number of hydrogen-bond acceptors (Lipinski definition) is 5. The molecule has 1 aliphatic carbocycles. The quantitative estimate of drug-likeness (QED) is 0.435. The first kappa shape index (κ1) is 17.7. The van der Waals surface area contributed by atoms with Gasteiger partial charge in [-0.3, -0.25) is 0 Å². The van der Waals surface area contributed by atoms with E-state index in [2.05, 4.69) is 15.4 Å². The van der Waals surface area contributed by atoms with Crippen molar-refractivity contribution in [3.8, 4) is 0 Å². The van der Waals surface area contributed by atoms with Gasteiger partial charge < -0.3 is 15.4 Å². The second-order valence-corrected chi connectivity index (χ2v) is 7.57. The minimum absolute atomic E-state index is 0.0854. The molecule has 2 amide bonds. The van der Waals surface area contributed by atoms with Gasteiger partial charge in [-0.25, -0.2) is 22.7 Å². The van der Waals surface area contributed by atoms with Crippen molar-refractivity contribution < 1.29 is 22.7 Å². The molecular formula is C12H23N3O5S. The first-order valence-corrected chi connectivity index (χ1v) is 8.61. The van der Waals surface area contributed by atoms with Crippen molar-refractivity contribution in [1.29, 1.82) is 0 Å². The van der Waals surface area contributed by atoms with Gasteiger partial charge in [-0.15, -0.1) is 0 Å². The Bertz CT molecular complexity index is 517. The Morgan fingerprint density at radius 2 is 1.81 bits per heavy atom. The number of sulfonamides is 1. The number of ether oxygens (including phenoxy) is 1. The van der Waals surface area contributed by atoms with Gasteiger partial charge in [0.2, 0.25) is 10.0 Å². The van der Waals surface area contributed by atoms with Crippen LogP contribution in [0, 0.1) is 5.41 Å². The molecule has 1 aliphatic rings. The fourth-order valence-corrected chi connectivity index (χ4v) is 2.61. The fourth-order valence-electron chi connectivity index (χ4n) is 2.14. The molecule has 0 bridgehead atoms. The molecule has 1 atom stereocenters. The molecule has 0 heterocycles. The van der Waals surface area contributed by atoms with Crippen LogP contribution in [0.1, 0.15) is 27.2 Å². The lowest BCUT2D eigenvalue weighted by atomic mass is 10.1. The Hall–Kier alpha value is -1.35. The summed E-state index contributed by atoms with van der Waals surface area (Å²) in [5.41, 5.74) is -1.36. The van der Waals surface area contributed by atoms with Crippen molar-refractivity contribution in [3.63, 3.8) is 0 Å². The first-order valence-electron chi connectivity index (χ1n) is 6.72. The van der Waals surface area contributed by atoms with E-state index in [1.165, 1.54) is 0 Å². The van der Waals surface area contributed by atoms with E-state index < -0.39 is 27.6 Å². The summed E-state index contributed by atoms with van der Waals surface area (Å²) in [6.07, 6.45) is 1.55. The number of amides is 2. The van der Waals surface area contributed by atoms with Crippen molar-refractivity contribution in [2.75, 3.05) is 26.0 Å². The van der Waals surface area contributed by atoms with Crippen LogP contribution in [0.15, 0.2) is 0 Å². The van der Waals surface area contributed by atoms with Crippen LogP contribution in [0.2, 0.25) is 0 Å². The molecular weight excluding hydrogens is 298 g/mol. The number of esters is 1. The fraction of sp³-hybridized carbons (Fsp3) is 0.833. The van der Waals surface area contributed by atoms with E-state index in [0.717, 1.165) is 6.26 Å². The highest BCUT2D eigenvalue weighted by atomic mass is 32.2. The summed E-state index contributed by atoms with van der Waals surface area (Å²) in [6, 6.07) is -0.524. The molecule has 21 heavy (non-hydrogen) atoms. The highest BCUT2D eigenvalue weighted by Crippen LogP contribution is 2.56. The Morgan fingerprint density at radius 3 is 2.24 bits per heavy atom. The van der Waals surface area contributed by atoms with Gasteiger partial charge >= 0.3 is 12.0 Å². The van der Waals surface area contributed by atoms with Crippen LogP contribution >= 0.6 is 0 Å². The number of urea groups is 1. The lowest BCUT2D eigenvalue weighted by molar-refractivity contribution is -0.147. The molecule has 8 nitrogen and oxygen atoms in total. The summed E-state index contributed by atoms with van der Waals surface area (Å²) < 4.78 is 29.0. The number of rotatable bonds is 7. The highest BCUT2D eigenvalue weighted by Gasteiger charge is 2.68. The maximum absolute atomic E-state index is 12.0. The Labute approximate surface area is 125 Å². The Morgan fingerprint density at radius 1 is 1.24 bits per heavy atom. The molecule has 1 saturated carbocycles. The van der Waals surface area contributed by atoms with Crippen molar-refractivity contribution in [3.05, 3.63) is 0 Å². The molecule has 0 aromatic heterocycles. The molecule has 1 unspecified atom stereocenters. The van der Waals surface area contributed by atoms with Crippen molar-refractivity contribution in [1.82, 2.24) is 15.4 Å². The second-order valence-electron chi connectivity index (χ2n) is 5.73. The Balaban J connectivity index is 2.47. The van der Waals surface area contributed by atoms with Crippen LogP contribution in [0.25, 0.3) is 0 Å². The molecule has 3 N–H and O–H groups in total. The third-order valence-electron chi connectivity index (χ3n) is 3.46. The largest absolute Gasteiger partial charge is 0.464 e. The maximum atomic E-state index is 12.0. The molecule has 0 radical (unpaired) electrons. The number of nitrogens with one attached hydrogen (secondary N) is 3. The summed E-state index contributed by atoms with van der Waals surface area (Å²) in [4.78, 5) is 23.8. The standard InChI is InChI=1S/C12H23N3O5S/c1-5-20-9(16)12(8-11(12,2)3)15-10(17)13-6-7-14-21(4,18)19/h14H,5-8H2,1-4H3,(H2,13,15,17). The molecule has 1 rings (SSSR count). The van der Waals surface area contributed by atoms with Crippen LogP contribution in [-0.2, 0) is 19.6 Å². The normalized spacial score (nSPS) is 23.2. The number of carbonyl (C=O) groups excluding carboxylic acids is 2. The van der Waals surface area contributed by atoms with Gasteiger partial charge in [0.25, 0.3) is 0 Å². The van der Waals surface area contributed by atoms with Gasteiger partial charge in [-0.05, 0) is 13.3 Å². The molecule has 0 saturated heterocycles. The predicted octanol–water partition coefficient (Wildman–Crippen LogP) is -0.433. The summed E-state index contributed by atoms with van der Waals surface area (Å²) in [5.74, 6) is -0.445. The summed E-state index contributed by atoms with van der Waals surface area (Å²) in [7, 11) is -3.28. The van der Waals surface area contributed by atoms with Crippen molar-refractivity contribution in [2.45, 2.75) is 32.7 Å². The average molecular weight is 321 g/mol. The smallest absolute Gasteiger partial charge is 0.332 e. The van der Waals surface area contributed by atoms with Crippen LogP contribution in [-0.4, -0.2) is 51.9 Å². The van der Waals surface area contributed by atoms with Crippen LogP contribution in [0.5, 0.6) is 0 Å². The van der Waals surface area contributed by atoms with Gasteiger partial charge in [0.05, 0.1) is 12.9 Å². The van der Waals surface area contributed by atoms with Gasteiger partial charge in [-0.2, -0.15) is 0 Å². The molecule has 0 aliphatic heterocycles. The monoisotopic (exact) mass is 321 g/mol.